The number of hydrogen-bond donors (Lipinski definition) is 1. The molecule has 0 aliphatic carbocycles. The number of ether oxygens (including phenoxy) is 1. The van der Waals surface area contributed by atoms with E-state index >= 15 is 0 Å². The van der Waals surface area contributed by atoms with Gasteiger partial charge in [-0.1, -0.05) is 29.8 Å². The molecule has 0 bridgehead atoms. The van der Waals surface area contributed by atoms with E-state index in [1.165, 1.54) is 0 Å². The molecule has 0 unspecified atom stereocenters. The molecule has 25 heavy (non-hydrogen) atoms. The molecule has 0 atom stereocenters. The highest BCUT2D eigenvalue weighted by Crippen LogP contribution is 2.17. The number of carbonyl (C=O) groups excluding carboxylic acids is 2. The van der Waals surface area contributed by atoms with Gasteiger partial charge >= 0.3 is 0 Å². The Labute approximate surface area is 152 Å². The maximum atomic E-state index is 12.0. The Morgan fingerprint density at radius 1 is 1.16 bits per heavy atom. The van der Waals surface area contributed by atoms with Gasteiger partial charge in [-0.25, -0.2) is 0 Å². The van der Waals surface area contributed by atoms with Gasteiger partial charge in [-0.3, -0.25) is 9.59 Å². The first-order valence-corrected chi connectivity index (χ1v) is 8.38. The van der Waals surface area contributed by atoms with Gasteiger partial charge in [0.2, 0.25) is 5.91 Å². The van der Waals surface area contributed by atoms with E-state index in [1.807, 2.05) is 25.1 Å². The lowest BCUT2D eigenvalue weighted by Crippen LogP contribution is -2.27. The number of rotatable bonds is 7. The van der Waals surface area contributed by atoms with Crippen molar-refractivity contribution in [1.82, 2.24) is 4.90 Å². The molecule has 0 heterocycles. The second kappa shape index (κ2) is 9.08. The molecule has 6 heteroatoms. The smallest absolute Gasteiger partial charge is 0.262 e. The normalized spacial score (nSPS) is 10.2. The van der Waals surface area contributed by atoms with Crippen LogP contribution in [0.2, 0.25) is 5.02 Å². The Hall–Kier alpha value is -2.53. The maximum Gasteiger partial charge on any atom is 0.262 e. The summed E-state index contributed by atoms with van der Waals surface area (Å²) in [5.74, 6) is 0.291. The fraction of sp³-hybridized carbons (Fsp3) is 0.263. The molecule has 2 aromatic carbocycles. The lowest BCUT2D eigenvalue weighted by Gasteiger charge is -2.19. The van der Waals surface area contributed by atoms with Crippen LogP contribution >= 0.6 is 11.6 Å². The molecule has 5 nitrogen and oxygen atoms in total. The molecule has 2 rings (SSSR count). The van der Waals surface area contributed by atoms with E-state index in [-0.39, 0.29) is 18.4 Å². The van der Waals surface area contributed by atoms with Crippen LogP contribution in [0, 0.1) is 0 Å². The van der Waals surface area contributed by atoms with Crippen molar-refractivity contribution in [3.8, 4) is 5.75 Å². The van der Waals surface area contributed by atoms with Crippen LogP contribution in [0.25, 0.3) is 0 Å². The van der Waals surface area contributed by atoms with Crippen molar-refractivity contribution in [2.45, 2.75) is 20.4 Å². The van der Waals surface area contributed by atoms with Crippen molar-refractivity contribution < 1.29 is 14.3 Å². The van der Waals surface area contributed by atoms with Crippen LogP contribution in [-0.4, -0.2) is 29.9 Å². The van der Waals surface area contributed by atoms with Gasteiger partial charge in [0, 0.05) is 30.7 Å². The fourth-order valence-electron chi connectivity index (χ4n) is 2.32. The molecule has 2 amide bonds. The standard InChI is InChI=1S/C19H21ClN2O3/c1-3-22(14(2)23)12-15-6-4-8-17(10-15)21-19(24)13-25-18-9-5-7-16(20)11-18/h4-11H,3,12-13H2,1-2H3,(H,21,24). The Morgan fingerprint density at radius 3 is 2.60 bits per heavy atom. The zero-order chi connectivity index (χ0) is 18.2. The van der Waals surface area contributed by atoms with Crippen LogP contribution in [0.4, 0.5) is 5.69 Å². The monoisotopic (exact) mass is 360 g/mol. The highest BCUT2D eigenvalue weighted by molar-refractivity contribution is 6.30. The van der Waals surface area contributed by atoms with Gasteiger partial charge in [-0.05, 0) is 42.8 Å². The largest absolute Gasteiger partial charge is 0.484 e. The third-order valence-electron chi connectivity index (χ3n) is 3.58. The SMILES string of the molecule is CCN(Cc1cccc(NC(=O)COc2cccc(Cl)c2)c1)C(C)=O. The summed E-state index contributed by atoms with van der Waals surface area (Å²) >= 11 is 5.87. The average Bonchev–Trinajstić information content (AvgIpc) is 2.58. The first-order chi connectivity index (χ1) is 12.0. The van der Waals surface area contributed by atoms with Crippen LogP contribution in [0.15, 0.2) is 48.5 Å². The van der Waals surface area contributed by atoms with Crippen LogP contribution in [0.3, 0.4) is 0 Å². The summed E-state index contributed by atoms with van der Waals surface area (Å²) in [5.41, 5.74) is 1.61. The fourth-order valence-corrected chi connectivity index (χ4v) is 2.50. The summed E-state index contributed by atoms with van der Waals surface area (Å²) in [7, 11) is 0. The summed E-state index contributed by atoms with van der Waals surface area (Å²) < 4.78 is 5.42. The zero-order valence-electron chi connectivity index (χ0n) is 14.3. The summed E-state index contributed by atoms with van der Waals surface area (Å²) in [6.07, 6.45) is 0. The van der Waals surface area contributed by atoms with E-state index in [4.69, 9.17) is 16.3 Å². The van der Waals surface area contributed by atoms with Crippen molar-refractivity contribution >= 4 is 29.1 Å². The van der Waals surface area contributed by atoms with E-state index in [1.54, 1.807) is 42.2 Å². The zero-order valence-corrected chi connectivity index (χ0v) is 15.0. The third-order valence-corrected chi connectivity index (χ3v) is 3.81. The molecule has 0 fully saturated rings. The van der Waals surface area contributed by atoms with E-state index in [2.05, 4.69) is 5.32 Å². The first kappa shape index (κ1) is 18.8. The minimum absolute atomic E-state index is 0.0202. The predicted molar refractivity (Wildman–Crippen MR) is 98.8 cm³/mol. The van der Waals surface area contributed by atoms with E-state index in [9.17, 15) is 9.59 Å². The predicted octanol–water partition coefficient (Wildman–Crippen LogP) is 3.73. The minimum Gasteiger partial charge on any atom is -0.484 e. The van der Waals surface area contributed by atoms with Gasteiger partial charge in [-0.15, -0.1) is 0 Å². The number of anilines is 1. The van der Waals surface area contributed by atoms with Gasteiger partial charge in [-0.2, -0.15) is 0 Å². The van der Waals surface area contributed by atoms with Gasteiger partial charge in [0.15, 0.2) is 6.61 Å². The highest BCUT2D eigenvalue weighted by atomic mass is 35.5. The van der Waals surface area contributed by atoms with Crippen molar-refractivity contribution in [2.75, 3.05) is 18.5 Å². The molecule has 0 saturated carbocycles. The van der Waals surface area contributed by atoms with E-state index in [0.29, 0.717) is 29.5 Å². The van der Waals surface area contributed by atoms with Gasteiger partial charge in [0.05, 0.1) is 0 Å². The molecular weight excluding hydrogens is 340 g/mol. The maximum absolute atomic E-state index is 12.0. The molecule has 0 aliphatic rings. The van der Waals surface area contributed by atoms with Gasteiger partial charge < -0.3 is 15.0 Å². The van der Waals surface area contributed by atoms with Crippen LogP contribution in [0.5, 0.6) is 5.75 Å². The number of carbonyl (C=O) groups is 2. The van der Waals surface area contributed by atoms with E-state index in [0.717, 1.165) is 5.56 Å². The molecule has 132 valence electrons. The lowest BCUT2D eigenvalue weighted by atomic mass is 10.2. The van der Waals surface area contributed by atoms with Crippen molar-refractivity contribution in [1.29, 1.82) is 0 Å². The Kier molecular flexibility index (Phi) is 6.83. The molecule has 1 N–H and O–H groups in total. The second-order valence-electron chi connectivity index (χ2n) is 5.53. The number of nitrogens with zero attached hydrogens (tertiary/aromatic N) is 1. The number of hydrogen-bond acceptors (Lipinski definition) is 3. The van der Waals surface area contributed by atoms with Crippen LogP contribution in [-0.2, 0) is 16.1 Å². The van der Waals surface area contributed by atoms with Gasteiger partial charge in [0.25, 0.3) is 5.91 Å². The Bertz CT molecular complexity index is 749. The summed E-state index contributed by atoms with van der Waals surface area (Å²) in [4.78, 5) is 25.3. The molecule has 0 aliphatic heterocycles. The average molecular weight is 361 g/mol. The minimum atomic E-state index is -0.268. The summed E-state index contributed by atoms with van der Waals surface area (Å²) in [6, 6.07) is 14.3. The van der Waals surface area contributed by atoms with Crippen LogP contribution < -0.4 is 10.1 Å². The first-order valence-electron chi connectivity index (χ1n) is 8.00. The lowest BCUT2D eigenvalue weighted by molar-refractivity contribution is -0.129. The van der Waals surface area contributed by atoms with Crippen LogP contribution in [0.1, 0.15) is 19.4 Å². The van der Waals surface area contributed by atoms with Crippen molar-refractivity contribution in [3.05, 3.63) is 59.1 Å². The number of halogens is 1. The number of nitrogens with one attached hydrogen (secondary N) is 1. The quantitative estimate of drug-likeness (QED) is 0.818. The number of amides is 2. The molecule has 0 radical (unpaired) electrons. The molecule has 2 aromatic rings. The molecular formula is C19H21ClN2O3. The number of benzene rings is 2. The summed E-state index contributed by atoms with van der Waals surface area (Å²) in [6.45, 7) is 4.51. The highest BCUT2D eigenvalue weighted by Gasteiger charge is 2.09. The molecule has 0 aromatic heterocycles. The van der Waals surface area contributed by atoms with Crippen molar-refractivity contribution in [2.24, 2.45) is 0 Å². The molecule has 0 spiro atoms. The Balaban J connectivity index is 1.92. The topological polar surface area (TPSA) is 58.6 Å². The van der Waals surface area contributed by atoms with Crippen molar-refractivity contribution in [3.63, 3.8) is 0 Å². The van der Waals surface area contributed by atoms with E-state index < -0.39 is 0 Å². The van der Waals surface area contributed by atoms with Gasteiger partial charge in [0.1, 0.15) is 5.75 Å². The summed E-state index contributed by atoms with van der Waals surface area (Å²) in [5, 5.41) is 3.34. The third kappa shape index (κ3) is 6.12. The molecule has 0 saturated heterocycles. The Morgan fingerprint density at radius 2 is 1.92 bits per heavy atom. The second-order valence-corrected chi connectivity index (χ2v) is 5.96.